The first-order chi connectivity index (χ1) is 20.5. The van der Waals surface area contributed by atoms with Gasteiger partial charge in [0.15, 0.2) is 0 Å². The van der Waals surface area contributed by atoms with Gasteiger partial charge in [0.05, 0.1) is 20.6 Å². The molecule has 43 heavy (non-hydrogen) atoms. The summed E-state index contributed by atoms with van der Waals surface area (Å²) >= 11 is 12.4. The van der Waals surface area contributed by atoms with Crippen molar-refractivity contribution in [1.82, 2.24) is 10.2 Å². The normalized spacial score (nSPS) is 14.6. The number of halogens is 2. The lowest BCUT2D eigenvalue weighted by Crippen LogP contribution is -2.54. The monoisotopic (exact) mass is 643 g/mol. The van der Waals surface area contributed by atoms with Crippen LogP contribution in [0.4, 0.5) is 5.69 Å². The van der Waals surface area contributed by atoms with Crippen LogP contribution in [-0.2, 0) is 26.2 Å². The van der Waals surface area contributed by atoms with Gasteiger partial charge in [-0.15, -0.1) is 0 Å². The van der Waals surface area contributed by atoms with Crippen LogP contribution in [0.5, 0.6) is 0 Å². The van der Waals surface area contributed by atoms with E-state index < -0.39 is 28.5 Å². The van der Waals surface area contributed by atoms with Crippen LogP contribution in [0.15, 0.2) is 71.6 Å². The van der Waals surface area contributed by atoms with Crippen LogP contribution in [-0.4, -0.2) is 43.8 Å². The number of carbonyl (C=O) groups is 2. The second kappa shape index (κ2) is 14.6. The molecule has 4 rings (SSSR count). The minimum atomic E-state index is -4.13. The number of anilines is 1. The van der Waals surface area contributed by atoms with Crippen LogP contribution in [0.2, 0.25) is 10.0 Å². The topological polar surface area (TPSA) is 86.8 Å². The highest BCUT2D eigenvalue weighted by molar-refractivity contribution is 7.92. The minimum Gasteiger partial charge on any atom is -0.352 e. The average molecular weight is 645 g/mol. The maximum Gasteiger partial charge on any atom is 0.264 e. The molecular formula is C33H39Cl2N3O4S. The molecule has 0 heterocycles. The van der Waals surface area contributed by atoms with Gasteiger partial charge < -0.3 is 10.2 Å². The third-order valence-corrected chi connectivity index (χ3v) is 10.4. The molecule has 1 saturated carbocycles. The maximum atomic E-state index is 14.3. The molecular weight excluding hydrogens is 605 g/mol. The molecule has 3 aromatic rings. The molecule has 0 spiro atoms. The summed E-state index contributed by atoms with van der Waals surface area (Å²) in [7, 11) is -4.13. The Morgan fingerprint density at radius 1 is 0.884 bits per heavy atom. The van der Waals surface area contributed by atoms with Crippen molar-refractivity contribution in [3.8, 4) is 0 Å². The van der Waals surface area contributed by atoms with Gasteiger partial charge in [0.1, 0.15) is 12.6 Å². The zero-order chi connectivity index (χ0) is 31.1. The molecule has 1 aliphatic rings. The van der Waals surface area contributed by atoms with Gasteiger partial charge in [-0.2, -0.15) is 0 Å². The van der Waals surface area contributed by atoms with Gasteiger partial charge in [0.2, 0.25) is 11.8 Å². The Morgan fingerprint density at radius 3 is 2.07 bits per heavy atom. The van der Waals surface area contributed by atoms with Gasteiger partial charge in [0.25, 0.3) is 10.0 Å². The first-order valence-electron chi connectivity index (χ1n) is 14.7. The number of sulfonamides is 1. The van der Waals surface area contributed by atoms with Crippen LogP contribution in [0, 0.1) is 13.8 Å². The fraction of sp³-hybridized carbons (Fsp3) is 0.394. The van der Waals surface area contributed by atoms with E-state index in [2.05, 4.69) is 5.32 Å². The van der Waals surface area contributed by atoms with E-state index in [9.17, 15) is 18.0 Å². The molecule has 3 aromatic carbocycles. The van der Waals surface area contributed by atoms with E-state index in [1.165, 1.54) is 17.0 Å². The fourth-order valence-electron chi connectivity index (χ4n) is 5.38. The van der Waals surface area contributed by atoms with Crippen molar-refractivity contribution in [2.45, 2.75) is 82.8 Å². The first kappa shape index (κ1) is 32.8. The summed E-state index contributed by atoms with van der Waals surface area (Å²) in [6, 6.07) is 17.8. The smallest absolute Gasteiger partial charge is 0.264 e. The molecule has 0 bridgehead atoms. The van der Waals surface area contributed by atoms with Crippen molar-refractivity contribution in [3.05, 3.63) is 93.5 Å². The number of nitrogens with one attached hydrogen (secondary N) is 1. The Labute approximate surface area is 265 Å². The van der Waals surface area contributed by atoms with Gasteiger partial charge in [0, 0.05) is 12.6 Å². The van der Waals surface area contributed by atoms with Gasteiger partial charge in [-0.1, -0.05) is 90.8 Å². The predicted octanol–water partition coefficient (Wildman–Crippen LogP) is 7.06. The van der Waals surface area contributed by atoms with Crippen molar-refractivity contribution >= 4 is 50.7 Å². The van der Waals surface area contributed by atoms with Crippen molar-refractivity contribution in [3.63, 3.8) is 0 Å². The highest BCUT2D eigenvalue weighted by Crippen LogP contribution is 2.27. The van der Waals surface area contributed by atoms with Crippen molar-refractivity contribution in [1.29, 1.82) is 0 Å². The first-order valence-corrected chi connectivity index (χ1v) is 16.9. The van der Waals surface area contributed by atoms with E-state index in [1.54, 1.807) is 54.6 Å². The fourth-order valence-corrected chi connectivity index (χ4v) is 7.11. The van der Waals surface area contributed by atoms with Crippen LogP contribution < -0.4 is 9.62 Å². The number of hydrogen-bond acceptors (Lipinski definition) is 4. The van der Waals surface area contributed by atoms with E-state index in [-0.39, 0.29) is 23.4 Å². The molecule has 230 valence electrons. The molecule has 1 unspecified atom stereocenters. The van der Waals surface area contributed by atoms with Crippen molar-refractivity contribution in [2.75, 3.05) is 10.8 Å². The van der Waals surface area contributed by atoms with E-state index in [0.717, 1.165) is 47.5 Å². The number of rotatable bonds is 11. The van der Waals surface area contributed by atoms with Crippen molar-refractivity contribution in [2.24, 2.45) is 0 Å². The Balaban J connectivity index is 1.71. The molecule has 0 saturated heterocycles. The third kappa shape index (κ3) is 8.31. The second-order valence-corrected chi connectivity index (χ2v) is 13.9. The molecule has 1 atom stereocenters. The second-order valence-electron chi connectivity index (χ2n) is 11.2. The predicted molar refractivity (Wildman–Crippen MR) is 173 cm³/mol. The molecule has 10 heteroatoms. The number of benzene rings is 3. The van der Waals surface area contributed by atoms with Crippen molar-refractivity contribution < 1.29 is 18.0 Å². The standard InChI is InChI=1S/C33H39Cl2N3O4S/c1-4-31(33(40)36-26-8-6-5-7-9-26)37(21-25-14-19-29(34)30(35)20-25)32(39)22-38(27-15-10-23(2)11-16-27)43(41,42)28-17-12-24(3)13-18-28/h10-20,26,31H,4-9,21-22H2,1-3H3,(H,36,40). The highest BCUT2D eigenvalue weighted by atomic mass is 35.5. The Hall–Kier alpha value is -3.07. The van der Waals surface area contributed by atoms with Gasteiger partial charge >= 0.3 is 0 Å². The summed E-state index contributed by atoms with van der Waals surface area (Å²) in [5.41, 5.74) is 2.90. The number of amides is 2. The average Bonchev–Trinajstić information content (AvgIpc) is 2.98. The summed E-state index contributed by atoms with van der Waals surface area (Å²) in [5.74, 6) is -0.751. The lowest BCUT2D eigenvalue weighted by molar-refractivity contribution is -0.140. The summed E-state index contributed by atoms with van der Waals surface area (Å²) in [5, 5.41) is 3.86. The van der Waals surface area contributed by atoms with Crippen LogP contribution in [0.25, 0.3) is 0 Å². The van der Waals surface area contributed by atoms with Gasteiger partial charge in [-0.05, 0) is 75.1 Å². The zero-order valence-electron chi connectivity index (χ0n) is 24.9. The van der Waals surface area contributed by atoms with Crippen LogP contribution >= 0.6 is 23.2 Å². The lowest BCUT2D eigenvalue weighted by atomic mass is 9.95. The van der Waals surface area contributed by atoms with Gasteiger partial charge in [-0.25, -0.2) is 8.42 Å². The molecule has 2 amide bonds. The summed E-state index contributed by atoms with van der Waals surface area (Å²) in [6.07, 6.45) is 5.40. The Kier molecular flexibility index (Phi) is 11.2. The SMILES string of the molecule is CCC(C(=O)NC1CCCCC1)N(Cc1ccc(Cl)c(Cl)c1)C(=O)CN(c1ccc(C)cc1)S(=O)(=O)c1ccc(C)cc1. The van der Waals surface area contributed by atoms with Crippen LogP contribution in [0.3, 0.4) is 0 Å². The summed E-state index contributed by atoms with van der Waals surface area (Å²) < 4.78 is 29.1. The number of hydrogen-bond donors (Lipinski definition) is 1. The molecule has 0 radical (unpaired) electrons. The largest absolute Gasteiger partial charge is 0.352 e. The number of carbonyl (C=O) groups excluding carboxylic acids is 2. The van der Waals surface area contributed by atoms with Gasteiger partial charge in [-0.3, -0.25) is 13.9 Å². The number of aryl methyl sites for hydroxylation is 2. The Morgan fingerprint density at radius 2 is 1.49 bits per heavy atom. The molecule has 1 fully saturated rings. The van der Waals surface area contributed by atoms with Crippen LogP contribution in [0.1, 0.15) is 62.1 Å². The minimum absolute atomic E-state index is 0.0542. The third-order valence-electron chi connectivity index (χ3n) is 7.88. The Bertz CT molecular complexity index is 1520. The zero-order valence-corrected chi connectivity index (χ0v) is 27.2. The van der Waals surface area contributed by atoms with E-state index in [1.807, 2.05) is 20.8 Å². The van der Waals surface area contributed by atoms with E-state index in [4.69, 9.17) is 23.2 Å². The molecule has 7 nitrogen and oxygen atoms in total. The molecule has 1 N–H and O–H groups in total. The lowest BCUT2D eigenvalue weighted by Gasteiger charge is -2.34. The quantitative estimate of drug-likeness (QED) is 0.242. The summed E-state index contributed by atoms with van der Waals surface area (Å²) in [4.78, 5) is 29.5. The van der Waals surface area contributed by atoms with E-state index >= 15 is 0 Å². The summed E-state index contributed by atoms with van der Waals surface area (Å²) in [6.45, 7) is 5.19. The van der Waals surface area contributed by atoms with E-state index in [0.29, 0.717) is 27.7 Å². The molecule has 0 aliphatic heterocycles. The highest BCUT2D eigenvalue weighted by Gasteiger charge is 2.34. The molecule has 0 aromatic heterocycles. The molecule has 1 aliphatic carbocycles. The number of nitrogens with zero attached hydrogens (tertiary/aromatic N) is 2. The maximum absolute atomic E-state index is 14.3.